The fourth-order valence-corrected chi connectivity index (χ4v) is 3.08. The minimum atomic E-state index is 0. The summed E-state index contributed by atoms with van der Waals surface area (Å²) in [6.45, 7) is 12.3. The van der Waals surface area contributed by atoms with E-state index in [1.807, 2.05) is 23.7 Å². The summed E-state index contributed by atoms with van der Waals surface area (Å²) < 4.78 is 7.32. The van der Waals surface area contributed by atoms with E-state index in [0.29, 0.717) is 6.54 Å². The van der Waals surface area contributed by atoms with E-state index in [9.17, 15) is 0 Å². The largest absolute Gasteiger partial charge is 0.380 e. The Morgan fingerprint density at radius 3 is 2.59 bits per heavy atom. The van der Waals surface area contributed by atoms with E-state index in [1.54, 1.807) is 0 Å². The molecule has 2 heterocycles. The van der Waals surface area contributed by atoms with Gasteiger partial charge in [0.15, 0.2) is 5.96 Å². The van der Waals surface area contributed by atoms with Gasteiger partial charge in [0.25, 0.3) is 0 Å². The summed E-state index contributed by atoms with van der Waals surface area (Å²) in [5.41, 5.74) is 4.58. The Morgan fingerprint density at radius 2 is 2.00 bits per heavy atom. The quantitative estimate of drug-likeness (QED) is 0.377. The van der Waals surface area contributed by atoms with E-state index in [1.165, 1.54) is 0 Å². The molecule has 0 aliphatic carbocycles. The molecule has 1 aliphatic heterocycles. The number of guanidine groups is 1. The number of hydrogen-bond acceptors (Lipinski definition) is 3. The van der Waals surface area contributed by atoms with Crippen molar-refractivity contribution in [1.82, 2.24) is 20.4 Å². The second-order valence-corrected chi connectivity index (χ2v) is 7.32. The number of ether oxygens (including phenoxy) is 1. The molecule has 0 radical (unpaired) electrons. The number of nitrogens with zero attached hydrogens (tertiary/aromatic N) is 3. The zero-order valence-electron chi connectivity index (χ0n) is 16.6. The first-order valence-corrected chi connectivity index (χ1v) is 9.22. The first-order chi connectivity index (χ1) is 12.5. The van der Waals surface area contributed by atoms with Crippen LogP contribution in [-0.2, 0) is 11.3 Å². The summed E-state index contributed by atoms with van der Waals surface area (Å²) >= 11 is 0. The van der Waals surface area contributed by atoms with Crippen molar-refractivity contribution < 1.29 is 4.74 Å². The van der Waals surface area contributed by atoms with E-state index in [0.717, 1.165) is 54.9 Å². The maximum Gasteiger partial charge on any atom is 0.191 e. The molecule has 0 bridgehead atoms. The Hall–Kier alpha value is -1.61. The van der Waals surface area contributed by atoms with Crippen molar-refractivity contribution in [2.24, 2.45) is 10.4 Å². The Balaban J connectivity index is 0.00000261. The number of aliphatic imine (C=N–C) groups is 1. The van der Waals surface area contributed by atoms with Crippen LogP contribution in [0.25, 0.3) is 5.69 Å². The molecule has 0 spiro atoms. The van der Waals surface area contributed by atoms with E-state index < -0.39 is 0 Å². The SMILES string of the molecule is CCNC(=NCc1ccccc1-n1nc(C)cc1C)NCC1(C)COC1.I. The second-order valence-electron chi connectivity index (χ2n) is 7.32. The summed E-state index contributed by atoms with van der Waals surface area (Å²) in [6, 6.07) is 10.4. The highest BCUT2D eigenvalue weighted by atomic mass is 127. The van der Waals surface area contributed by atoms with Crippen LogP contribution in [-0.4, -0.2) is 42.0 Å². The van der Waals surface area contributed by atoms with E-state index in [-0.39, 0.29) is 29.4 Å². The average Bonchev–Trinajstić information content (AvgIpc) is 2.94. The molecule has 1 fully saturated rings. The lowest BCUT2D eigenvalue weighted by molar-refractivity contribution is -0.0971. The van der Waals surface area contributed by atoms with Gasteiger partial charge in [-0.05, 0) is 38.5 Å². The van der Waals surface area contributed by atoms with Crippen LogP contribution >= 0.6 is 24.0 Å². The van der Waals surface area contributed by atoms with Crippen LogP contribution in [0.3, 0.4) is 0 Å². The number of aryl methyl sites for hydroxylation is 2. The molecular weight excluding hydrogens is 453 g/mol. The van der Waals surface area contributed by atoms with Crippen molar-refractivity contribution in [1.29, 1.82) is 0 Å². The Bertz CT molecular complexity index is 782. The highest BCUT2D eigenvalue weighted by molar-refractivity contribution is 14.0. The molecule has 0 amide bonds. The predicted octanol–water partition coefficient (Wildman–Crippen LogP) is 3.20. The molecule has 1 aromatic heterocycles. The van der Waals surface area contributed by atoms with Gasteiger partial charge in [-0.3, -0.25) is 0 Å². The molecule has 27 heavy (non-hydrogen) atoms. The van der Waals surface area contributed by atoms with Crippen LogP contribution in [0.2, 0.25) is 0 Å². The molecule has 7 heteroatoms. The number of hydrogen-bond donors (Lipinski definition) is 2. The third-order valence-electron chi connectivity index (χ3n) is 4.56. The normalized spacial score (nSPS) is 15.6. The molecule has 1 aromatic carbocycles. The monoisotopic (exact) mass is 483 g/mol. The summed E-state index contributed by atoms with van der Waals surface area (Å²) in [5.74, 6) is 0.837. The van der Waals surface area contributed by atoms with Crippen molar-refractivity contribution in [3.05, 3.63) is 47.3 Å². The molecule has 1 saturated heterocycles. The van der Waals surface area contributed by atoms with Crippen LogP contribution < -0.4 is 10.6 Å². The lowest BCUT2D eigenvalue weighted by Crippen LogP contribution is -2.51. The fraction of sp³-hybridized carbons (Fsp3) is 0.500. The maximum absolute atomic E-state index is 5.33. The zero-order chi connectivity index (χ0) is 18.6. The van der Waals surface area contributed by atoms with E-state index in [2.05, 4.69) is 54.7 Å². The molecule has 0 saturated carbocycles. The molecule has 1 aliphatic rings. The van der Waals surface area contributed by atoms with Crippen molar-refractivity contribution in [2.75, 3.05) is 26.3 Å². The van der Waals surface area contributed by atoms with Crippen molar-refractivity contribution in [3.8, 4) is 5.69 Å². The maximum atomic E-state index is 5.33. The molecule has 2 N–H and O–H groups in total. The molecule has 0 atom stereocenters. The van der Waals surface area contributed by atoms with Crippen molar-refractivity contribution in [2.45, 2.75) is 34.2 Å². The first kappa shape index (κ1) is 21.7. The first-order valence-electron chi connectivity index (χ1n) is 9.22. The van der Waals surface area contributed by atoms with Gasteiger partial charge < -0.3 is 15.4 Å². The van der Waals surface area contributed by atoms with E-state index >= 15 is 0 Å². The van der Waals surface area contributed by atoms with Crippen LogP contribution in [0, 0.1) is 19.3 Å². The van der Waals surface area contributed by atoms with Gasteiger partial charge in [0.05, 0.1) is 31.1 Å². The minimum absolute atomic E-state index is 0. The van der Waals surface area contributed by atoms with Gasteiger partial charge in [-0.1, -0.05) is 25.1 Å². The van der Waals surface area contributed by atoms with Gasteiger partial charge >= 0.3 is 0 Å². The van der Waals surface area contributed by atoms with Gasteiger partial charge in [-0.2, -0.15) is 5.10 Å². The topological polar surface area (TPSA) is 63.5 Å². The summed E-state index contributed by atoms with van der Waals surface area (Å²) in [5, 5.41) is 11.4. The molecule has 6 nitrogen and oxygen atoms in total. The predicted molar refractivity (Wildman–Crippen MR) is 120 cm³/mol. The number of rotatable bonds is 6. The lowest BCUT2D eigenvalue weighted by Gasteiger charge is -2.38. The molecule has 0 unspecified atom stereocenters. The Labute approximate surface area is 178 Å². The number of aromatic nitrogens is 2. The Morgan fingerprint density at radius 1 is 1.26 bits per heavy atom. The van der Waals surface area contributed by atoms with Crippen LogP contribution in [0.4, 0.5) is 0 Å². The highest BCUT2D eigenvalue weighted by Gasteiger charge is 2.33. The molecule has 3 rings (SSSR count). The zero-order valence-corrected chi connectivity index (χ0v) is 18.9. The number of nitrogens with one attached hydrogen (secondary N) is 2. The summed E-state index contributed by atoms with van der Waals surface area (Å²) in [6.07, 6.45) is 0. The lowest BCUT2D eigenvalue weighted by atomic mass is 9.89. The Kier molecular flexibility index (Phi) is 7.67. The fourth-order valence-electron chi connectivity index (χ4n) is 3.08. The minimum Gasteiger partial charge on any atom is -0.380 e. The van der Waals surface area contributed by atoms with Crippen molar-refractivity contribution >= 4 is 29.9 Å². The number of para-hydroxylation sites is 1. The second kappa shape index (κ2) is 9.54. The van der Waals surface area contributed by atoms with Gasteiger partial charge in [-0.15, -0.1) is 24.0 Å². The molecule has 2 aromatic rings. The molecular formula is C20H30IN5O. The standard InChI is InChI=1S/C20H29N5O.HI/c1-5-21-19(23-12-20(4)13-26-14-20)22-11-17-8-6-7-9-18(17)25-16(3)10-15(2)24-25;/h6-10H,5,11-14H2,1-4H3,(H2,21,22,23);1H. The smallest absolute Gasteiger partial charge is 0.191 e. The van der Waals surface area contributed by atoms with Gasteiger partial charge in [-0.25, -0.2) is 9.67 Å². The number of benzene rings is 1. The number of halogens is 1. The van der Waals surface area contributed by atoms with Gasteiger partial charge in [0, 0.05) is 24.2 Å². The summed E-state index contributed by atoms with van der Waals surface area (Å²) in [4.78, 5) is 4.78. The van der Waals surface area contributed by atoms with E-state index in [4.69, 9.17) is 9.73 Å². The van der Waals surface area contributed by atoms with Gasteiger partial charge in [0.1, 0.15) is 0 Å². The highest BCUT2D eigenvalue weighted by Crippen LogP contribution is 2.25. The average molecular weight is 483 g/mol. The van der Waals surface area contributed by atoms with Crippen LogP contribution in [0.1, 0.15) is 30.8 Å². The third-order valence-corrected chi connectivity index (χ3v) is 4.56. The third kappa shape index (κ3) is 5.44. The van der Waals surface area contributed by atoms with Crippen molar-refractivity contribution in [3.63, 3.8) is 0 Å². The van der Waals surface area contributed by atoms with Gasteiger partial charge in [0.2, 0.25) is 0 Å². The summed E-state index contributed by atoms with van der Waals surface area (Å²) in [7, 11) is 0. The van der Waals surface area contributed by atoms with Crippen LogP contribution in [0.5, 0.6) is 0 Å². The molecule has 148 valence electrons. The van der Waals surface area contributed by atoms with Crippen LogP contribution in [0.15, 0.2) is 35.3 Å².